The van der Waals surface area contributed by atoms with E-state index in [1.54, 1.807) is 0 Å². The van der Waals surface area contributed by atoms with Crippen molar-refractivity contribution in [3.8, 4) is 0 Å². The molecule has 1 aliphatic heterocycles. The average molecular weight is 241 g/mol. The maximum absolute atomic E-state index is 12.2. The zero-order valence-corrected chi connectivity index (χ0v) is 11.9. The highest BCUT2D eigenvalue weighted by Gasteiger charge is 2.48. The molecule has 1 fully saturated rings. The fourth-order valence-corrected chi connectivity index (χ4v) is 2.84. The van der Waals surface area contributed by atoms with Crippen LogP contribution in [0.25, 0.3) is 0 Å². The second-order valence-electron chi connectivity index (χ2n) is 6.56. The first-order valence-corrected chi connectivity index (χ1v) is 6.62. The predicted octanol–water partition coefficient (Wildman–Crippen LogP) is 2.67. The van der Waals surface area contributed by atoms with Crippen LogP contribution in [0.4, 0.5) is 0 Å². The van der Waals surface area contributed by atoms with Gasteiger partial charge in [-0.2, -0.15) is 0 Å². The minimum Gasteiger partial charge on any atom is -0.369 e. The molecule has 2 N–H and O–H groups in total. The number of Topliss-reactive ketones (excluding diaryl/α,β-unsaturated/α-hetero) is 1. The van der Waals surface area contributed by atoms with E-state index in [0.717, 1.165) is 19.3 Å². The van der Waals surface area contributed by atoms with Gasteiger partial charge in [-0.15, -0.1) is 0 Å². The first kappa shape index (κ1) is 14.7. The Morgan fingerprint density at radius 1 is 1.41 bits per heavy atom. The molecule has 1 heterocycles. The minimum absolute atomic E-state index is 0.0329. The van der Waals surface area contributed by atoms with Crippen molar-refractivity contribution in [3.63, 3.8) is 0 Å². The molecule has 0 bridgehead atoms. The van der Waals surface area contributed by atoms with Crippen molar-refractivity contribution < 1.29 is 9.53 Å². The number of hydrogen-bond acceptors (Lipinski definition) is 3. The van der Waals surface area contributed by atoms with E-state index in [2.05, 4.69) is 13.8 Å². The summed E-state index contributed by atoms with van der Waals surface area (Å²) in [6, 6.07) is 0.187. The molecule has 0 saturated carbocycles. The maximum Gasteiger partial charge on any atom is 0.138 e. The second kappa shape index (κ2) is 5.07. The zero-order valence-electron chi connectivity index (χ0n) is 11.9. The molecule has 0 amide bonds. The van der Waals surface area contributed by atoms with Crippen molar-refractivity contribution in [2.24, 2.45) is 11.7 Å². The Hall–Kier alpha value is -0.410. The third kappa shape index (κ3) is 4.07. The van der Waals surface area contributed by atoms with Crippen LogP contribution < -0.4 is 5.73 Å². The molecule has 0 aromatic heterocycles. The lowest BCUT2D eigenvalue weighted by Gasteiger charge is -2.26. The number of nitrogens with two attached hydrogens (primary N) is 1. The number of ketones is 1. The number of carbonyl (C=O) groups excluding carboxylic acids is 1. The predicted molar refractivity (Wildman–Crippen MR) is 69.9 cm³/mol. The maximum atomic E-state index is 12.2. The fraction of sp³-hybridized carbons (Fsp3) is 0.929. The topological polar surface area (TPSA) is 52.3 Å². The Morgan fingerprint density at radius 2 is 2.00 bits per heavy atom. The Kier molecular flexibility index (Phi) is 4.37. The molecular weight excluding hydrogens is 214 g/mol. The van der Waals surface area contributed by atoms with Gasteiger partial charge < -0.3 is 10.5 Å². The molecule has 1 saturated heterocycles. The molecule has 0 aromatic carbocycles. The van der Waals surface area contributed by atoms with Gasteiger partial charge in [0, 0.05) is 18.4 Å². The van der Waals surface area contributed by atoms with Crippen molar-refractivity contribution in [1.82, 2.24) is 0 Å². The summed E-state index contributed by atoms with van der Waals surface area (Å²) in [5.74, 6) is 0.367. The molecule has 3 heteroatoms. The fourth-order valence-electron chi connectivity index (χ4n) is 2.84. The Balaban J connectivity index is 2.52. The molecule has 100 valence electrons. The SMILES string of the molecule is CC(N)CCCC(=O)C1CC(C)(C)OC1(C)C. The van der Waals surface area contributed by atoms with Gasteiger partial charge in [0.25, 0.3) is 0 Å². The summed E-state index contributed by atoms with van der Waals surface area (Å²) in [6.07, 6.45) is 3.28. The van der Waals surface area contributed by atoms with Gasteiger partial charge in [-0.3, -0.25) is 4.79 Å². The molecule has 0 aromatic rings. The molecule has 0 radical (unpaired) electrons. The van der Waals surface area contributed by atoms with Crippen molar-refractivity contribution in [2.75, 3.05) is 0 Å². The van der Waals surface area contributed by atoms with E-state index in [0.29, 0.717) is 12.2 Å². The van der Waals surface area contributed by atoms with E-state index in [1.165, 1.54) is 0 Å². The third-order valence-corrected chi connectivity index (χ3v) is 3.55. The first-order chi connectivity index (χ1) is 7.64. The molecule has 17 heavy (non-hydrogen) atoms. The molecule has 2 atom stereocenters. The second-order valence-corrected chi connectivity index (χ2v) is 6.56. The smallest absolute Gasteiger partial charge is 0.138 e. The van der Waals surface area contributed by atoms with Gasteiger partial charge in [0.2, 0.25) is 0 Å². The lowest BCUT2D eigenvalue weighted by atomic mass is 9.82. The van der Waals surface area contributed by atoms with Crippen LogP contribution in [0.15, 0.2) is 0 Å². The van der Waals surface area contributed by atoms with E-state index in [1.807, 2.05) is 20.8 Å². The van der Waals surface area contributed by atoms with Gasteiger partial charge >= 0.3 is 0 Å². The quantitative estimate of drug-likeness (QED) is 0.805. The Bertz CT molecular complexity index is 282. The monoisotopic (exact) mass is 241 g/mol. The summed E-state index contributed by atoms with van der Waals surface area (Å²) in [5.41, 5.74) is 5.19. The largest absolute Gasteiger partial charge is 0.369 e. The Morgan fingerprint density at radius 3 is 2.41 bits per heavy atom. The standard InChI is InChI=1S/C14H27NO2/c1-10(15)7-6-8-12(16)11-9-13(2,3)17-14(11,4)5/h10-11H,6-9,15H2,1-5H3. The number of carbonyl (C=O) groups is 1. The average Bonchev–Trinajstić information content (AvgIpc) is 2.33. The van der Waals surface area contributed by atoms with Crippen LogP contribution in [0.5, 0.6) is 0 Å². The lowest BCUT2D eigenvalue weighted by molar-refractivity contribution is -0.129. The van der Waals surface area contributed by atoms with Crippen molar-refractivity contribution in [3.05, 3.63) is 0 Å². The highest BCUT2D eigenvalue weighted by molar-refractivity contribution is 5.82. The van der Waals surface area contributed by atoms with E-state index < -0.39 is 0 Å². The zero-order chi connectivity index (χ0) is 13.3. The molecule has 0 aliphatic carbocycles. The van der Waals surface area contributed by atoms with Gasteiger partial charge in [0.1, 0.15) is 5.78 Å². The van der Waals surface area contributed by atoms with Gasteiger partial charge in [-0.25, -0.2) is 0 Å². The number of hydrogen-bond donors (Lipinski definition) is 1. The van der Waals surface area contributed by atoms with Crippen LogP contribution in [0.3, 0.4) is 0 Å². The number of rotatable bonds is 5. The summed E-state index contributed by atoms with van der Waals surface area (Å²) in [5, 5.41) is 0. The van der Waals surface area contributed by atoms with Gasteiger partial charge in [0.15, 0.2) is 0 Å². The number of ether oxygens (including phenoxy) is 1. The van der Waals surface area contributed by atoms with E-state index in [4.69, 9.17) is 10.5 Å². The van der Waals surface area contributed by atoms with Crippen molar-refractivity contribution in [1.29, 1.82) is 0 Å². The minimum atomic E-state index is -0.324. The summed E-state index contributed by atoms with van der Waals surface area (Å²) >= 11 is 0. The highest BCUT2D eigenvalue weighted by Crippen LogP contribution is 2.42. The van der Waals surface area contributed by atoms with Crippen LogP contribution in [-0.2, 0) is 9.53 Å². The highest BCUT2D eigenvalue weighted by atomic mass is 16.5. The molecule has 1 aliphatic rings. The normalized spacial score (nSPS) is 28.0. The van der Waals surface area contributed by atoms with Crippen LogP contribution in [0.2, 0.25) is 0 Å². The third-order valence-electron chi connectivity index (χ3n) is 3.55. The van der Waals surface area contributed by atoms with E-state index in [9.17, 15) is 4.79 Å². The van der Waals surface area contributed by atoms with E-state index >= 15 is 0 Å². The van der Waals surface area contributed by atoms with Gasteiger partial charge in [0.05, 0.1) is 11.2 Å². The molecular formula is C14H27NO2. The summed E-state index contributed by atoms with van der Waals surface area (Å²) in [7, 11) is 0. The van der Waals surface area contributed by atoms with Gasteiger partial charge in [-0.05, 0) is 53.9 Å². The Labute approximate surface area is 105 Å². The molecule has 2 unspecified atom stereocenters. The van der Waals surface area contributed by atoms with E-state index in [-0.39, 0.29) is 23.2 Å². The summed E-state index contributed by atoms with van der Waals surface area (Å²) < 4.78 is 5.95. The van der Waals surface area contributed by atoms with Crippen molar-refractivity contribution >= 4 is 5.78 Å². The van der Waals surface area contributed by atoms with Crippen molar-refractivity contribution in [2.45, 2.75) is 77.5 Å². The molecule has 1 rings (SSSR count). The van der Waals surface area contributed by atoms with Crippen LogP contribution >= 0.6 is 0 Å². The first-order valence-electron chi connectivity index (χ1n) is 6.62. The summed E-state index contributed by atoms with van der Waals surface area (Å²) in [4.78, 5) is 12.2. The van der Waals surface area contributed by atoms with Crippen LogP contribution in [0, 0.1) is 5.92 Å². The lowest BCUT2D eigenvalue weighted by Crippen LogP contribution is -2.33. The molecule has 0 spiro atoms. The summed E-state index contributed by atoms with van der Waals surface area (Å²) in [6.45, 7) is 10.1. The van der Waals surface area contributed by atoms with Crippen LogP contribution in [-0.4, -0.2) is 23.0 Å². The van der Waals surface area contributed by atoms with Crippen LogP contribution in [0.1, 0.15) is 60.3 Å². The molecule has 3 nitrogen and oxygen atoms in total. The van der Waals surface area contributed by atoms with Gasteiger partial charge in [-0.1, -0.05) is 0 Å².